The molecule has 88 heavy (non-hydrogen) atoms. The number of rotatable bonds is 8. The van der Waals surface area contributed by atoms with E-state index in [4.69, 9.17) is 0 Å². The van der Waals surface area contributed by atoms with Gasteiger partial charge in [-0.3, -0.25) is 0 Å². The number of hydrogen-bond donors (Lipinski definition) is 0. The van der Waals surface area contributed by atoms with Crippen LogP contribution in [0.3, 0.4) is 0 Å². The zero-order valence-electron chi connectivity index (χ0n) is 53.1. The van der Waals surface area contributed by atoms with Gasteiger partial charge in [-0.25, -0.2) is 0 Å². The Bertz CT molecular complexity index is 4490. The van der Waals surface area contributed by atoms with E-state index in [1.54, 1.807) is 5.57 Å². The predicted octanol–water partition coefficient (Wildman–Crippen LogP) is 22.0. The van der Waals surface area contributed by atoms with Crippen LogP contribution in [-0.2, 0) is 11.8 Å². The van der Waals surface area contributed by atoms with E-state index in [1.807, 2.05) is 0 Å². The van der Waals surface area contributed by atoms with E-state index < -0.39 is 0 Å². The van der Waals surface area contributed by atoms with Crippen LogP contribution in [0.4, 0.5) is 34.1 Å². The largest absolute Gasteiger partial charge is 0.339 e. The molecule has 0 bridgehead atoms. The Morgan fingerprint density at radius 3 is 1.95 bits per heavy atom. The monoisotopic (exact) mass is 1140 g/mol. The van der Waals surface area contributed by atoms with Gasteiger partial charge in [-0.2, -0.15) is 0 Å². The van der Waals surface area contributed by atoms with Gasteiger partial charge in [0.15, 0.2) is 0 Å². The van der Waals surface area contributed by atoms with E-state index in [0.29, 0.717) is 0 Å². The first-order valence-corrected chi connectivity index (χ1v) is 32.3. The van der Waals surface area contributed by atoms with Crippen molar-refractivity contribution in [2.45, 2.75) is 119 Å². The minimum absolute atomic E-state index is 0.00589. The lowest BCUT2D eigenvalue weighted by atomic mass is 9.30. The standard InChI is InChI=1S/C84H80BN3/c1-54-21-14-17-27-68(54)56-31-39-65(40-32-56)87-74-48-38-62(83(5,6)7)50-73(74)85-72-46-45-67(86(64-43-36-61(37-44-64)82(2,3)4)75-47-35-55-22-15-18-28-70(55)80(75)58-23-12-11-13-24-58)53-76(72)88(78-52-63(84(8,9)10)51-77(87)81(78)85)66-41-33-57(34-42-66)69-30-20-26-60-49-59-25-16-19-29-71(59)79(60)69/h11-15,17-24,26-37,39-47,50,52-53,77H,16,25,38,48-49,51H2,1-10H3. The van der Waals surface area contributed by atoms with E-state index in [0.717, 1.165) is 55.6 Å². The fourth-order valence-electron chi connectivity index (χ4n) is 15.5. The molecule has 0 radical (unpaired) electrons. The molecule has 2 aliphatic heterocycles. The Kier molecular flexibility index (Phi) is 13.4. The van der Waals surface area contributed by atoms with Crippen molar-refractivity contribution >= 4 is 62.6 Å². The van der Waals surface area contributed by atoms with Crippen LogP contribution in [0.25, 0.3) is 49.7 Å². The van der Waals surface area contributed by atoms with Crippen molar-refractivity contribution in [1.82, 2.24) is 0 Å². The maximum Gasteiger partial charge on any atom is 0.246 e. The van der Waals surface area contributed by atoms with Gasteiger partial charge in [-0.1, -0.05) is 243 Å². The van der Waals surface area contributed by atoms with Crippen molar-refractivity contribution in [2.75, 3.05) is 14.7 Å². The summed E-state index contributed by atoms with van der Waals surface area (Å²) in [5, 5.41) is 2.46. The number of benzene rings is 9. The molecule has 15 rings (SSSR count). The van der Waals surface area contributed by atoms with E-state index >= 15 is 0 Å². The van der Waals surface area contributed by atoms with E-state index in [2.05, 4.69) is 308 Å². The Balaban J connectivity index is 0.996. The van der Waals surface area contributed by atoms with E-state index in [9.17, 15) is 0 Å². The van der Waals surface area contributed by atoms with Crippen LogP contribution in [0, 0.1) is 17.8 Å². The first-order chi connectivity index (χ1) is 42.5. The quantitative estimate of drug-likeness (QED) is 0.140. The Morgan fingerprint density at radius 2 is 1.22 bits per heavy atom. The lowest BCUT2D eigenvalue weighted by Crippen LogP contribution is -2.57. The van der Waals surface area contributed by atoms with Gasteiger partial charge in [0.2, 0.25) is 6.71 Å². The topological polar surface area (TPSA) is 9.72 Å². The molecular weight excluding hydrogens is 1060 g/mol. The second-order valence-electron chi connectivity index (χ2n) is 28.7. The summed E-state index contributed by atoms with van der Waals surface area (Å²) in [4.78, 5) is 8.05. The fourth-order valence-corrected chi connectivity index (χ4v) is 15.5. The summed E-state index contributed by atoms with van der Waals surface area (Å²) in [6.45, 7) is 23.7. The molecule has 1 atom stereocenters. The van der Waals surface area contributed by atoms with Crippen LogP contribution in [0.2, 0.25) is 0 Å². The van der Waals surface area contributed by atoms with Crippen LogP contribution < -0.4 is 20.2 Å². The third-order valence-corrected chi connectivity index (χ3v) is 20.2. The van der Waals surface area contributed by atoms with Gasteiger partial charge < -0.3 is 14.7 Å². The molecule has 0 spiro atoms. The first kappa shape index (κ1) is 55.7. The summed E-state index contributed by atoms with van der Waals surface area (Å²) >= 11 is 0. The second-order valence-corrected chi connectivity index (χ2v) is 28.7. The Morgan fingerprint density at radius 1 is 0.534 bits per heavy atom. The number of nitrogens with zero attached hydrogens (tertiary/aromatic N) is 3. The average Bonchev–Trinajstić information content (AvgIpc) is 1.47. The molecule has 9 aromatic rings. The van der Waals surface area contributed by atoms with Crippen LogP contribution in [0.1, 0.15) is 117 Å². The molecular formula is C84H80BN3. The molecule has 6 aliphatic rings. The van der Waals surface area contributed by atoms with Crippen molar-refractivity contribution in [3.8, 4) is 33.4 Å². The molecule has 0 fully saturated rings. The first-order valence-electron chi connectivity index (χ1n) is 32.3. The number of anilines is 6. The summed E-state index contributed by atoms with van der Waals surface area (Å²) in [6.07, 6.45) is 16.4. The lowest BCUT2D eigenvalue weighted by Gasteiger charge is -2.53. The van der Waals surface area contributed by atoms with Crippen LogP contribution >= 0.6 is 0 Å². The van der Waals surface area contributed by atoms with E-state index in [-0.39, 0.29) is 29.0 Å². The van der Waals surface area contributed by atoms with Gasteiger partial charge in [0.1, 0.15) is 0 Å². The highest BCUT2D eigenvalue weighted by molar-refractivity contribution is 6.89. The molecule has 0 N–H and O–H groups in total. The van der Waals surface area contributed by atoms with Crippen LogP contribution in [-0.4, -0.2) is 12.8 Å². The zero-order valence-corrected chi connectivity index (χ0v) is 53.1. The molecule has 0 saturated carbocycles. The molecule has 434 valence electrons. The van der Waals surface area contributed by atoms with Gasteiger partial charge >= 0.3 is 0 Å². The average molecular weight is 1140 g/mol. The summed E-state index contributed by atoms with van der Waals surface area (Å²) < 4.78 is 0. The van der Waals surface area contributed by atoms with Gasteiger partial charge in [-0.15, -0.1) is 0 Å². The highest BCUT2D eigenvalue weighted by Crippen LogP contribution is 2.55. The number of fused-ring (bicyclic) bond motifs is 6. The molecule has 0 amide bonds. The summed E-state index contributed by atoms with van der Waals surface area (Å²) in [6, 6.07) is 76.8. The van der Waals surface area contributed by atoms with Crippen LogP contribution in [0.5, 0.6) is 0 Å². The zero-order chi connectivity index (χ0) is 60.4. The summed E-state index contributed by atoms with van der Waals surface area (Å²) in [5.74, 6) is 0. The minimum Gasteiger partial charge on any atom is -0.339 e. The highest BCUT2D eigenvalue weighted by Gasteiger charge is 2.51. The number of allylic oxidation sites excluding steroid dienone is 9. The molecule has 9 aromatic carbocycles. The predicted molar refractivity (Wildman–Crippen MR) is 377 cm³/mol. The van der Waals surface area contributed by atoms with Crippen molar-refractivity contribution in [3.63, 3.8) is 0 Å². The van der Waals surface area contributed by atoms with Gasteiger partial charge in [0, 0.05) is 45.4 Å². The minimum atomic E-state index is -0.0959. The highest BCUT2D eigenvalue weighted by atomic mass is 15.2. The SMILES string of the molecule is Cc1ccccc1-c1ccc(N2C3=C(C=C(C(C)(C)C)CC3)B3C4=C(C=C(C(C)(C)C)CC42)N(c2ccc(-c4cccc5c4C4=C(CCC=C4)C5)cc2)c2cc(N(c4ccc(C(C)(C)C)cc4)c4ccc5ccccc5c4-c4ccccc4)ccc23)cc1. The smallest absolute Gasteiger partial charge is 0.246 e. The normalized spacial score (nSPS) is 17.2. The van der Waals surface area contributed by atoms with Crippen molar-refractivity contribution in [2.24, 2.45) is 10.8 Å². The lowest BCUT2D eigenvalue weighted by molar-refractivity contribution is 0.460. The molecule has 0 saturated heterocycles. The number of hydrogen-bond acceptors (Lipinski definition) is 3. The number of aryl methyl sites for hydroxylation is 1. The van der Waals surface area contributed by atoms with Gasteiger partial charge in [0.25, 0.3) is 0 Å². The molecule has 1 unspecified atom stereocenters. The molecule has 3 nitrogen and oxygen atoms in total. The second kappa shape index (κ2) is 21.2. The van der Waals surface area contributed by atoms with Crippen molar-refractivity contribution < 1.29 is 0 Å². The fraction of sp³-hybridized carbons (Fsp3) is 0.238. The Hall–Kier alpha value is -8.86. The van der Waals surface area contributed by atoms with Gasteiger partial charge in [-0.05, 0) is 205 Å². The third kappa shape index (κ3) is 9.49. The molecule has 4 heteroatoms. The van der Waals surface area contributed by atoms with E-state index in [1.165, 1.54) is 128 Å². The Labute approximate surface area is 523 Å². The molecule has 4 aliphatic carbocycles. The maximum absolute atomic E-state index is 2.81. The maximum atomic E-state index is 2.81. The molecule has 0 aromatic heterocycles. The van der Waals surface area contributed by atoms with Crippen LogP contribution in [0.15, 0.2) is 264 Å². The summed E-state index contributed by atoms with van der Waals surface area (Å²) in [7, 11) is 0. The van der Waals surface area contributed by atoms with Gasteiger partial charge in [0.05, 0.1) is 11.7 Å². The van der Waals surface area contributed by atoms with Crippen molar-refractivity contribution in [1.29, 1.82) is 0 Å². The molecule has 2 heterocycles. The third-order valence-electron chi connectivity index (χ3n) is 20.2. The van der Waals surface area contributed by atoms with Crippen molar-refractivity contribution in [3.05, 3.63) is 286 Å². The summed E-state index contributed by atoms with van der Waals surface area (Å²) in [5.41, 5.74) is 33.0.